The van der Waals surface area contributed by atoms with Crippen molar-refractivity contribution in [1.29, 1.82) is 0 Å². The van der Waals surface area contributed by atoms with Gasteiger partial charge in [0.1, 0.15) is 17.0 Å². The van der Waals surface area contributed by atoms with E-state index in [4.69, 9.17) is 24.2 Å². The summed E-state index contributed by atoms with van der Waals surface area (Å²) in [5.74, 6) is 0.525. The Morgan fingerprint density at radius 3 is 2.14 bits per heavy atom. The van der Waals surface area contributed by atoms with Gasteiger partial charge in [0.05, 0.1) is 18.3 Å². The van der Waals surface area contributed by atoms with Crippen LogP contribution in [-0.4, -0.2) is 103 Å². The van der Waals surface area contributed by atoms with E-state index in [1.54, 1.807) is 11.0 Å². The smallest absolute Gasteiger partial charge is 0.410 e. The van der Waals surface area contributed by atoms with E-state index in [0.717, 1.165) is 55.1 Å². The third kappa shape index (κ3) is 7.78. The largest absolute Gasteiger partial charge is 0.494 e. The number of likely N-dealkylation sites (tertiary alicyclic amines) is 1. The van der Waals surface area contributed by atoms with Gasteiger partial charge in [-0.3, -0.25) is 0 Å². The predicted octanol–water partition coefficient (Wildman–Crippen LogP) is 6.73. The molecule has 3 saturated heterocycles. The summed E-state index contributed by atoms with van der Waals surface area (Å²) < 4.78 is 31.7. The molecule has 0 N–H and O–H groups in total. The molecule has 12 heteroatoms. The lowest BCUT2D eigenvalue weighted by molar-refractivity contribution is 0.00709. The van der Waals surface area contributed by atoms with Crippen LogP contribution in [0.5, 0.6) is 5.75 Å². The third-order valence-electron chi connectivity index (χ3n) is 9.45. The second kappa shape index (κ2) is 13.2. The number of methoxy groups -OCH3 is 1. The first-order chi connectivity index (χ1) is 23.1. The number of pyridine rings is 2. The summed E-state index contributed by atoms with van der Waals surface area (Å²) in [6, 6.07) is 9.18. The molecule has 1 atom stereocenters. The number of hydrogen-bond acceptors (Lipinski definition) is 9. The molecule has 0 radical (unpaired) electrons. The summed E-state index contributed by atoms with van der Waals surface area (Å²) in [6.07, 6.45) is 4.10. The molecule has 0 bridgehead atoms. The Kier molecular flexibility index (Phi) is 9.27. The normalized spacial score (nSPS) is 20.2. The molecule has 3 fully saturated rings. The summed E-state index contributed by atoms with van der Waals surface area (Å²) >= 11 is 0. The van der Waals surface area contributed by atoms with E-state index < -0.39 is 17.0 Å². The highest BCUT2D eigenvalue weighted by Gasteiger charge is 2.44. The van der Waals surface area contributed by atoms with Crippen molar-refractivity contribution in [2.45, 2.75) is 72.0 Å². The lowest BCUT2D eigenvalue weighted by atomic mass is 9.79. The van der Waals surface area contributed by atoms with Crippen LogP contribution in [0.4, 0.5) is 25.5 Å². The molecule has 6 rings (SSSR count). The van der Waals surface area contributed by atoms with Crippen molar-refractivity contribution < 1.29 is 28.2 Å². The number of piperazine rings is 1. The van der Waals surface area contributed by atoms with Crippen molar-refractivity contribution in [3.63, 3.8) is 0 Å². The average molecular weight is 677 g/mol. The zero-order valence-electron chi connectivity index (χ0n) is 29.8. The third-order valence-corrected chi connectivity index (χ3v) is 9.45. The molecule has 264 valence electrons. The molecule has 3 aromatic rings. The lowest BCUT2D eigenvalue weighted by Gasteiger charge is -2.40. The molecule has 3 aliphatic rings. The number of ether oxygens (including phenoxy) is 3. The first-order valence-corrected chi connectivity index (χ1v) is 17.2. The van der Waals surface area contributed by atoms with Crippen LogP contribution in [0.2, 0.25) is 0 Å². The monoisotopic (exact) mass is 676 g/mol. The Hall–Kier alpha value is -4.35. The van der Waals surface area contributed by atoms with Gasteiger partial charge in [0.25, 0.3) is 0 Å². The molecule has 2 aromatic heterocycles. The molecule has 0 saturated carbocycles. The highest BCUT2D eigenvalue weighted by Crippen LogP contribution is 2.44. The number of aromatic nitrogens is 2. The Bertz CT molecular complexity index is 1700. The van der Waals surface area contributed by atoms with Crippen molar-refractivity contribution in [3.05, 3.63) is 42.3 Å². The van der Waals surface area contributed by atoms with Crippen LogP contribution in [0.1, 0.15) is 60.8 Å². The van der Waals surface area contributed by atoms with Gasteiger partial charge in [-0.2, -0.15) is 0 Å². The first-order valence-electron chi connectivity index (χ1n) is 17.2. The SMILES string of the molecule is COc1cc2nc(-c3ccc(N4CCN(C(=O)OC(C)(C)C)CC4)nc3)cc(N3CCC4(CCCN(C(=O)OC(C)(C)C)C4)C3)c2cc1F. The number of carbonyl (C=O) groups is 2. The second-order valence-corrected chi connectivity index (χ2v) is 15.6. The van der Waals surface area contributed by atoms with Crippen LogP contribution in [-0.2, 0) is 9.47 Å². The molecule has 49 heavy (non-hydrogen) atoms. The van der Waals surface area contributed by atoms with Gasteiger partial charge in [0.2, 0.25) is 0 Å². The summed E-state index contributed by atoms with van der Waals surface area (Å²) in [5.41, 5.74) is 1.94. The maximum atomic E-state index is 15.1. The van der Waals surface area contributed by atoms with Crippen molar-refractivity contribution >= 4 is 34.6 Å². The average Bonchev–Trinajstić information content (AvgIpc) is 3.45. The van der Waals surface area contributed by atoms with Gasteiger partial charge in [-0.05, 0) is 85.1 Å². The standard InChI is InChI=1S/C37H49FN6O5/c1-35(2,3)48-33(45)42-17-15-41(16-18-42)32-10-9-25(22-39-32)28-20-30(26-19-27(38)31(47-7)21-29(26)40-28)43-14-12-37(23-43)11-8-13-44(24-37)34(46)49-36(4,5)6/h9-10,19-22H,8,11-18,23-24H2,1-7H3. The van der Waals surface area contributed by atoms with E-state index in [2.05, 4.69) is 9.80 Å². The Balaban J connectivity index is 1.23. The van der Waals surface area contributed by atoms with Crippen molar-refractivity contribution in [2.75, 3.05) is 69.3 Å². The van der Waals surface area contributed by atoms with E-state index in [1.165, 1.54) is 13.2 Å². The number of hydrogen-bond donors (Lipinski definition) is 0. The molecule has 11 nitrogen and oxygen atoms in total. The van der Waals surface area contributed by atoms with Gasteiger partial charge < -0.3 is 33.8 Å². The predicted molar refractivity (Wildman–Crippen MR) is 188 cm³/mol. The fourth-order valence-corrected chi connectivity index (χ4v) is 7.11. The topological polar surface area (TPSA) is 101 Å². The van der Waals surface area contributed by atoms with Crippen LogP contribution in [0.25, 0.3) is 22.2 Å². The number of piperidine rings is 1. The number of benzene rings is 1. The highest BCUT2D eigenvalue weighted by molar-refractivity contribution is 5.95. The minimum Gasteiger partial charge on any atom is -0.494 e. The second-order valence-electron chi connectivity index (χ2n) is 15.6. The number of nitrogens with zero attached hydrogens (tertiary/aromatic N) is 6. The number of fused-ring (bicyclic) bond motifs is 1. The molecule has 1 aromatic carbocycles. The summed E-state index contributed by atoms with van der Waals surface area (Å²) in [7, 11) is 1.45. The van der Waals surface area contributed by atoms with E-state index in [9.17, 15) is 9.59 Å². The minimum atomic E-state index is -0.551. The van der Waals surface area contributed by atoms with Crippen LogP contribution >= 0.6 is 0 Å². The molecule has 0 aliphatic carbocycles. The van der Waals surface area contributed by atoms with Gasteiger partial charge in [0, 0.05) is 86.7 Å². The van der Waals surface area contributed by atoms with Gasteiger partial charge in [-0.1, -0.05) is 0 Å². The van der Waals surface area contributed by atoms with E-state index in [0.29, 0.717) is 50.2 Å². The quantitative estimate of drug-likeness (QED) is 0.298. The van der Waals surface area contributed by atoms with Gasteiger partial charge in [0.15, 0.2) is 11.6 Å². The number of rotatable bonds is 4. The summed E-state index contributed by atoms with van der Waals surface area (Å²) in [6.45, 7) is 16.5. The number of anilines is 2. The first kappa shape index (κ1) is 34.5. The number of halogens is 1. The lowest BCUT2D eigenvalue weighted by Crippen LogP contribution is -2.50. The van der Waals surface area contributed by atoms with Crippen LogP contribution in [0.15, 0.2) is 36.5 Å². The highest BCUT2D eigenvalue weighted by atomic mass is 19.1. The molecule has 1 spiro atoms. The van der Waals surface area contributed by atoms with Gasteiger partial charge in [-0.25, -0.2) is 23.9 Å². The van der Waals surface area contributed by atoms with Gasteiger partial charge >= 0.3 is 12.2 Å². The summed E-state index contributed by atoms with van der Waals surface area (Å²) in [4.78, 5) is 43.3. The van der Waals surface area contributed by atoms with Crippen LogP contribution < -0.4 is 14.5 Å². The summed E-state index contributed by atoms with van der Waals surface area (Å²) in [5, 5.41) is 0.714. The fraction of sp³-hybridized carbons (Fsp3) is 0.568. The van der Waals surface area contributed by atoms with E-state index in [1.807, 2.05) is 70.8 Å². The van der Waals surface area contributed by atoms with Gasteiger partial charge in [-0.15, -0.1) is 0 Å². The zero-order valence-corrected chi connectivity index (χ0v) is 29.8. The van der Waals surface area contributed by atoms with Crippen molar-refractivity contribution in [2.24, 2.45) is 5.41 Å². The maximum absolute atomic E-state index is 15.1. The minimum absolute atomic E-state index is 0.0768. The van der Waals surface area contributed by atoms with E-state index in [-0.39, 0.29) is 23.4 Å². The number of carbonyl (C=O) groups excluding carboxylic acids is 2. The van der Waals surface area contributed by atoms with Crippen LogP contribution in [0.3, 0.4) is 0 Å². The van der Waals surface area contributed by atoms with E-state index >= 15 is 4.39 Å². The molecular formula is C37H49FN6O5. The fourth-order valence-electron chi connectivity index (χ4n) is 7.11. The molecule has 5 heterocycles. The number of amides is 2. The van der Waals surface area contributed by atoms with Crippen molar-refractivity contribution in [1.82, 2.24) is 19.8 Å². The maximum Gasteiger partial charge on any atom is 0.410 e. The molecule has 2 amide bonds. The van der Waals surface area contributed by atoms with Crippen LogP contribution in [0, 0.1) is 11.2 Å². The molecular weight excluding hydrogens is 627 g/mol. The Morgan fingerprint density at radius 2 is 1.51 bits per heavy atom. The zero-order chi connectivity index (χ0) is 35.1. The van der Waals surface area contributed by atoms with Crippen molar-refractivity contribution in [3.8, 4) is 17.0 Å². The molecule has 1 unspecified atom stereocenters. The Morgan fingerprint density at radius 1 is 0.816 bits per heavy atom. The molecule has 3 aliphatic heterocycles. The Labute approximate surface area is 288 Å².